The van der Waals surface area contributed by atoms with E-state index in [1.165, 1.54) is 12.1 Å². The van der Waals surface area contributed by atoms with Crippen molar-refractivity contribution in [3.05, 3.63) is 62.7 Å². The molecule has 0 radical (unpaired) electrons. The maximum atomic E-state index is 12.0. The summed E-state index contributed by atoms with van der Waals surface area (Å²) in [7, 11) is 0. The zero-order valence-electron chi connectivity index (χ0n) is 13.1. The molecule has 0 bridgehead atoms. The van der Waals surface area contributed by atoms with E-state index in [1.807, 2.05) is 0 Å². The summed E-state index contributed by atoms with van der Waals surface area (Å²) in [5.41, 5.74) is 6.43. The Morgan fingerprint density at radius 3 is 2.64 bits per heavy atom. The third-order valence-electron chi connectivity index (χ3n) is 3.26. The number of nitro groups is 1. The van der Waals surface area contributed by atoms with Gasteiger partial charge in [-0.3, -0.25) is 14.9 Å². The summed E-state index contributed by atoms with van der Waals surface area (Å²) >= 11 is 5.83. The number of nitrogens with zero attached hydrogens (tertiary/aromatic N) is 1. The minimum Gasteiger partial charge on any atom is -0.452 e. The van der Waals surface area contributed by atoms with Crippen LogP contribution in [0.15, 0.2) is 36.4 Å². The Morgan fingerprint density at radius 1 is 1.28 bits per heavy atom. The Balaban J connectivity index is 2.01. The second-order valence-electron chi connectivity index (χ2n) is 5.11. The molecule has 9 heteroatoms. The molecule has 2 aromatic carbocycles. The number of ether oxygens (including phenoxy) is 1. The molecule has 0 fully saturated rings. The van der Waals surface area contributed by atoms with Crippen molar-refractivity contribution < 1.29 is 19.2 Å². The molecule has 0 saturated carbocycles. The van der Waals surface area contributed by atoms with Gasteiger partial charge in [-0.25, -0.2) is 4.79 Å². The van der Waals surface area contributed by atoms with Gasteiger partial charge in [-0.05, 0) is 36.8 Å². The van der Waals surface area contributed by atoms with Crippen LogP contribution in [-0.4, -0.2) is 23.4 Å². The van der Waals surface area contributed by atoms with Crippen molar-refractivity contribution in [3.63, 3.8) is 0 Å². The predicted octanol–water partition coefficient (Wildman–Crippen LogP) is 2.93. The van der Waals surface area contributed by atoms with Crippen LogP contribution in [0, 0.1) is 17.0 Å². The first-order valence-corrected chi connectivity index (χ1v) is 7.43. The zero-order chi connectivity index (χ0) is 18.6. The number of carbonyl (C=O) groups excluding carboxylic acids is 2. The van der Waals surface area contributed by atoms with E-state index in [0.29, 0.717) is 10.7 Å². The molecule has 0 atom stereocenters. The van der Waals surface area contributed by atoms with Gasteiger partial charge in [-0.1, -0.05) is 11.6 Å². The van der Waals surface area contributed by atoms with Crippen molar-refractivity contribution in [2.24, 2.45) is 0 Å². The van der Waals surface area contributed by atoms with Crippen LogP contribution in [0.5, 0.6) is 0 Å². The van der Waals surface area contributed by atoms with E-state index in [9.17, 15) is 19.7 Å². The summed E-state index contributed by atoms with van der Waals surface area (Å²) in [5.74, 6) is -1.49. The number of hydrogen-bond donors (Lipinski definition) is 2. The quantitative estimate of drug-likeness (QED) is 0.364. The number of aryl methyl sites for hydroxylation is 1. The van der Waals surface area contributed by atoms with Crippen LogP contribution in [0.1, 0.15) is 15.9 Å². The van der Waals surface area contributed by atoms with E-state index in [2.05, 4.69) is 5.32 Å². The molecule has 2 aromatic rings. The summed E-state index contributed by atoms with van der Waals surface area (Å²) in [4.78, 5) is 34.0. The number of benzene rings is 2. The maximum absolute atomic E-state index is 12.0. The molecule has 0 aliphatic rings. The van der Waals surface area contributed by atoms with Gasteiger partial charge in [0.15, 0.2) is 6.61 Å². The average molecular weight is 364 g/mol. The molecule has 0 aliphatic carbocycles. The topological polar surface area (TPSA) is 125 Å². The second-order valence-corrected chi connectivity index (χ2v) is 5.55. The monoisotopic (exact) mass is 363 g/mol. The van der Waals surface area contributed by atoms with Gasteiger partial charge in [0.25, 0.3) is 11.6 Å². The van der Waals surface area contributed by atoms with Crippen LogP contribution in [-0.2, 0) is 9.53 Å². The normalized spacial score (nSPS) is 10.2. The van der Waals surface area contributed by atoms with Gasteiger partial charge in [0.05, 0.1) is 10.5 Å². The van der Waals surface area contributed by atoms with Gasteiger partial charge in [0.2, 0.25) is 0 Å². The number of halogens is 1. The standard InChI is InChI=1S/C16H14ClN3O5/c1-9-6-10(17)2-5-14(9)19-15(21)8-25-16(22)12-7-11(20(23)24)3-4-13(12)18/h2-7H,8,18H2,1H3,(H,19,21). The van der Waals surface area contributed by atoms with Gasteiger partial charge in [-0.15, -0.1) is 0 Å². The van der Waals surface area contributed by atoms with Crippen molar-refractivity contribution in [1.82, 2.24) is 0 Å². The van der Waals surface area contributed by atoms with Crippen molar-refractivity contribution >= 4 is 40.5 Å². The van der Waals surface area contributed by atoms with Gasteiger partial charge >= 0.3 is 5.97 Å². The van der Waals surface area contributed by atoms with Crippen molar-refractivity contribution in [2.75, 3.05) is 17.7 Å². The zero-order valence-corrected chi connectivity index (χ0v) is 13.9. The predicted molar refractivity (Wildman–Crippen MR) is 92.6 cm³/mol. The number of anilines is 2. The summed E-state index contributed by atoms with van der Waals surface area (Å²) < 4.78 is 4.86. The lowest BCUT2D eigenvalue weighted by Crippen LogP contribution is -2.21. The number of esters is 1. The Morgan fingerprint density at radius 2 is 2.00 bits per heavy atom. The van der Waals surface area contributed by atoms with Gasteiger partial charge < -0.3 is 15.8 Å². The van der Waals surface area contributed by atoms with E-state index in [4.69, 9.17) is 22.1 Å². The van der Waals surface area contributed by atoms with Crippen molar-refractivity contribution in [2.45, 2.75) is 6.92 Å². The Labute approximate surface area is 147 Å². The highest BCUT2D eigenvalue weighted by Gasteiger charge is 2.18. The van der Waals surface area contributed by atoms with Crippen LogP contribution in [0.3, 0.4) is 0 Å². The molecule has 0 aliphatic heterocycles. The molecule has 3 N–H and O–H groups in total. The summed E-state index contributed by atoms with van der Waals surface area (Å²) in [6.07, 6.45) is 0. The number of rotatable bonds is 5. The minimum absolute atomic E-state index is 0.0181. The minimum atomic E-state index is -0.927. The number of nitrogens with two attached hydrogens (primary N) is 1. The number of amides is 1. The Kier molecular flexibility index (Phi) is 5.56. The maximum Gasteiger partial charge on any atom is 0.341 e. The largest absolute Gasteiger partial charge is 0.452 e. The van der Waals surface area contributed by atoms with Crippen molar-refractivity contribution in [3.8, 4) is 0 Å². The summed E-state index contributed by atoms with van der Waals surface area (Å²) in [6.45, 7) is 1.19. The highest BCUT2D eigenvalue weighted by molar-refractivity contribution is 6.30. The van der Waals surface area contributed by atoms with Gasteiger partial charge in [0, 0.05) is 28.5 Å². The number of hydrogen-bond acceptors (Lipinski definition) is 6. The van der Waals surface area contributed by atoms with Gasteiger partial charge in [0.1, 0.15) is 0 Å². The molecule has 1 amide bonds. The average Bonchev–Trinajstić information content (AvgIpc) is 2.55. The lowest BCUT2D eigenvalue weighted by atomic mass is 10.1. The third kappa shape index (κ3) is 4.67. The lowest BCUT2D eigenvalue weighted by Gasteiger charge is -2.10. The molecule has 0 saturated heterocycles. The number of nitro benzene ring substituents is 1. The summed E-state index contributed by atoms with van der Waals surface area (Å²) in [6, 6.07) is 8.30. The molecule has 0 heterocycles. The SMILES string of the molecule is Cc1cc(Cl)ccc1NC(=O)COC(=O)c1cc([N+](=O)[O-])ccc1N. The molecule has 0 spiro atoms. The molecule has 130 valence electrons. The van der Waals surface area contributed by atoms with Gasteiger partial charge in [-0.2, -0.15) is 0 Å². The number of non-ortho nitro benzene ring substituents is 1. The molecule has 0 aromatic heterocycles. The fourth-order valence-electron chi connectivity index (χ4n) is 2.00. The first-order valence-electron chi connectivity index (χ1n) is 7.05. The molecule has 2 rings (SSSR count). The number of carbonyl (C=O) groups is 2. The molecule has 0 unspecified atom stereocenters. The highest BCUT2D eigenvalue weighted by Crippen LogP contribution is 2.21. The lowest BCUT2D eigenvalue weighted by molar-refractivity contribution is -0.384. The Bertz CT molecular complexity index is 854. The van der Waals surface area contributed by atoms with E-state index >= 15 is 0 Å². The fraction of sp³-hybridized carbons (Fsp3) is 0.125. The smallest absolute Gasteiger partial charge is 0.341 e. The summed E-state index contributed by atoms with van der Waals surface area (Å²) in [5, 5.41) is 13.9. The number of nitrogen functional groups attached to an aromatic ring is 1. The van der Waals surface area contributed by atoms with Crippen LogP contribution in [0.25, 0.3) is 0 Å². The molecule has 25 heavy (non-hydrogen) atoms. The molecular formula is C16H14ClN3O5. The third-order valence-corrected chi connectivity index (χ3v) is 3.50. The van der Waals surface area contributed by atoms with Crippen LogP contribution in [0.2, 0.25) is 5.02 Å². The number of nitrogens with one attached hydrogen (secondary N) is 1. The fourth-order valence-corrected chi connectivity index (χ4v) is 2.22. The molecular weight excluding hydrogens is 350 g/mol. The first-order chi connectivity index (χ1) is 11.8. The van der Waals surface area contributed by atoms with E-state index in [0.717, 1.165) is 11.6 Å². The Hall–Kier alpha value is -3.13. The van der Waals surface area contributed by atoms with Crippen molar-refractivity contribution in [1.29, 1.82) is 0 Å². The molecule has 8 nitrogen and oxygen atoms in total. The van der Waals surface area contributed by atoms with E-state index in [-0.39, 0.29) is 16.9 Å². The first kappa shape index (κ1) is 18.2. The van der Waals surface area contributed by atoms with Crippen LogP contribution >= 0.6 is 11.6 Å². The second kappa shape index (κ2) is 7.63. The van der Waals surface area contributed by atoms with E-state index in [1.54, 1.807) is 25.1 Å². The van der Waals surface area contributed by atoms with E-state index < -0.39 is 23.4 Å². The highest BCUT2D eigenvalue weighted by atomic mass is 35.5. The van der Waals surface area contributed by atoms with Crippen LogP contribution < -0.4 is 11.1 Å². The van der Waals surface area contributed by atoms with Crippen LogP contribution in [0.4, 0.5) is 17.1 Å².